The van der Waals surface area contributed by atoms with Gasteiger partial charge in [-0.3, -0.25) is 9.59 Å². The predicted molar refractivity (Wildman–Crippen MR) is 76.0 cm³/mol. The Labute approximate surface area is 113 Å². The minimum Gasteiger partial charge on any atom is -0.346 e. The maximum atomic E-state index is 11.9. The number of anilines is 1. The Morgan fingerprint density at radius 3 is 2.32 bits per heavy atom. The standard InChI is InChI=1S/C14H21N3O2/c1-10(2)11-4-6-12(7-5-11)17(3)14(19)9-16-13(18)8-15/h4-7,10H,8-9,15H2,1-3H3,(H,16,18). The lowest BCUT2D eigenvalue weighted by Gasteiger charge is -2.18. The van der Waals surface area contributed by atoms with E-state index >= 15 is 0 Å². The number of hydrogen-bond donors (Lipinski definition) is 2. The number of amides is 2. The average molecular weight is 263 g/mol. The van der Waals surface area contributed by atoms with Gasteiger partial charge < -0.3 is 16.0 Å². The quantitative estimate of drug-likeness (QED) is 0.827. The maximum Gasteiger partial charge on any atom is 0.246 e. The number of benzene rings is 1. The average Bonchev–Trinajstić information content (AvgIpc) is 2.43. The second kappa shape index (κ2) is 6.89. The monoisotopic (exact) mass is 263 g/mol. The van der Waals surface area contributed by atoms with Crippen LogP contribution in [0.3, 0.4) is 0 Å². The summed E-state index contributed by atoms with van der Waals surface area (Å²) in [7, 11) is 1.68. The highest BCUT2D eigenvalue weighted by atomic mass is 16.2. The zero-order valence-electron chi connectivity index (χ0n) is 11.6. The summed E-state index contributed by atoms with van der Waals surface area (Å²) in [5.74, 6) is -0.0603. The Morgan fingerprint density at radius 1 is 1.26 bits per heavy atom. The first-order chi connectivity index (χ1) is 8.95. The molecule has 1 aromatic carbocycles. The van der Waals surface area contributed by atoms with Gasteiger partial charge in [0.1, 0.15) is 0 Å². The molecule has 19 heavy (non-hydrogen) atoms. The fourth-order valence-electron chi connectivity index (χ4n) is 1.59. The van der Waals surface area contributed by atoms with E-state index in [0.717, 1.165) is 5.69 Å². The molecule has 0 aliphatic carbocycles. The zero-order valence-corrected chi connectivity index (χ0v) is 11.6. The van der Waals surface area contributed by atoms with Gasteiger partial charge in [0.2, 0.25) is 11.8 Å². The Hall–Kier alpha value is -1.88. The molecule has 0 atom stereocenters. The van der Waals surface area contributed by atoms with Crippen LogP contribution in [0.1, 0.15) is 25.3 Å². The lowest BCUT2D eigenvalue weighted by Crippen LogP contribution is -2.40. The molecule has 0 aliphatic heterocycles. The number of carbonyl (C=O) groups excluding carboxylic acids is 2. The molecule has 0 saturated heterocycles. The van der Waals surface area contributed by atoms with Crippen molar-refractivity contribution in [2.45, 2.75) is 19.8 Å². The summed E-state index contributed by atoms with van der Waals surface area (Å²) in [5.41, 5.74) is 7.18. The van der Waals surface area contributed by atoms with Crippen LogP contribution < -0.4 is 16.0 Å². The van der Waals surface area contributed by atoms with Crippen LogP contribution in [0.5, 0.6) is 0 Å². The van der Waals surface area contributed by atoms with Gasteiger partial charge in [0.05, 0.1) is 13.1 Å². The second-order valence-corrected chi connectivity index (χ2v) is 4.68. The Kier molecular flexibility index (Phi) is 5.51. The maximum absolute atomic E-state index is 11.9. The van der Waals surface area contributed by atoms with Crippen molar-refractivity contribution < 1.29 is 9.59 Å². The van der Waals surface area contributed by atoms with Crippen LogP contribution in [0.2, 0.25) is 0 Å². The second-order valence-electron chi connectivity index (χ2n) is 4.68. The van der Waals surface area contributed by atoms with E-state index in [9.17, 15) is 9.59 Å². The lowest BCUT2D eigenvalue weighted by atomic mass is 10.0. The van der Waals surface area contributed by atoms with Crippen molar-refractivity contribution in [3.05, 3.63) is 29.8 Å². The Balaban J connectivity index is 2.63. The molecule has 1 rings (SSSR count). The summed E-state index contributed by atoms with van der Waals surface area (Å²) < 4.78 is 0. The van der Waals surface area contributed by atoms with Gasteiger partial charge >= 0.3 is 0 Å². The van der Waals surface area contributed by atoms with Gasteiger partial charge in [-0.1, -0.05) is 26.0 Å². The molecule has 1 aromatic rings. The smallest absolute Gasteiger partial charge is 0.246 e. The largest absolute Gasteiger partial charge is 0.346 e. The van der Waals surface area contributed by atoms with Crippen molar-refractivity contribution in [1.82, 2.24) is 5.32 Å². The summed E-state index contributed by atoms with van der Waals surface area (Å²) >= 11 is 0. The molecule has 3 N–H and O–H groups in total. The topological polar surface area (TPSA) is 75.4 Å². The number of carbonyl (C=O) groups is 2. The number of rotatable bonds is 5. The first kappa shape index (κ1) is 15.2. The van der Waals surface area contributed by atoms with E-state index in [2.05, 4.69) is 19.2 Å². The van der Waals surface area contributed by atoms with Crippen LogP contribution in [-0.2, 0) is 9.59 Å². The van der Waals surface area contributed by atoms with Crippen LogP contribution in [0.4, 0.5) is 5.69 Å². The molecule has 0 unspecified atom stereocenters. The minimum absolute atomic E-state index is 0.0432. The first-order valence-electron chi connectivity index (χ1n) is 6.29. The molecule has 0 saturated carbocycles. The normalized spacial score (nSPS) is 10.4. The van der Waals surface area contributed by atoms with Crippen molar-refractivity contribution >= 4 is 17.5 Å². The lowest BCUT2D eigenvalue weighted by molar-refractivity contribution is -0.124. The molecule has 5 heteroatoms. The summed E-state index contributed by atoms with van der Waals surface area (Å²) in [6, 6.07) is 7.81. The molecule has 2 amide bonds. The molecular formula is C14H21N3O2. The number of likely N-dealkylation sites (N-methyl/N-ethyl adjacent to an activating group) is 1. The molecule has 0 aliphatic rings. The molecule has 5 nitrogen and oxygen atoms in total. The van der Waals surface area contributed by atoms with Crippen molar-refractivity contribution in [3.8, 4) is 0 Å². The summed E-state index contributed by atoms with van der Waals surface area (Å²) in [5, 5.41) is 2.46. The Bertz CT molecular complexity index is 441. The summed E-state index contributed by atoms with van der Waals surface area (Å²) in [6.07, 6.45) is 0. The first-order valence-corrected chi connectivity index (χ1v) is 6.29. The van der Waals surface area contributed by atoms with Crippen molar-refractivity contribution in [2.75, 3.05) is 25.0 Å². The van der Waals surface area contributed by atoms with E-state index in [1.54, 1.807) is 7.05 Å². The highest BCUT2D eigenvalue weighted by molar-refractivity contribution is 5.96. The van der Waals surface area contributed by atoms with E-state index in [1.807, 2.05) is 24.3 Å². The van der Waals surface area contributed by atoms with Crippen LogP contribution >= 0.6 is 0 Å². The summed E-state index contributed by atoms with van der Waals surface area (Å²) in [4.78, 5) is 24.4. The highest BCUT2D eigenvalue weighted by Crippen LogP contribution is 2.19. The molecule has 0 bridgehead atoms. The molecular weight excluding hydrogens is 242 g/mol. The number of hydrogen-bond acceptors (Lipinski definition) is 3. The number of nitrogens with zero attached hydrogens (tertiary/aromatic N) is 1. The molecule has 0 heterocycles. The highest BCUT2D eigenvalue weighted by Gasteiger charge is 2.11. The van der Waals surface area contributed by atoms with Gasteiger partial charge in [0.15, 0.2) is 0 Å². The van der Waals surface area contributed by atoms with Crippen molar-refractivity contribution in [2.24, 2.45) is 5.73 Å². The van der Waals surface area contributed by atoms with Crippen LogP contribution in [0.25, 0.3) is 0 Å². The van der Waals surface area contributed by atoms with E-state index in [0.29, 0.717) is 5.92 Å². The fourth-order valence-corrected chi connectivity index (χ4v) is 1.59. The van der Waals surface area contributed by atoms with Gasteiger partial charge in [-0.15, -0.1) is 0 Å². The van der Waals surface area contributed by atoms with E-state index in [1.165, 1.54) is 10.5 Å². The van der Waals surface area contributed by atoms with Gasteiger partial charge in [0.25, 0.3) is 0 Å². The van der Waals surface area contributed by atoms with Crippen molar-refractivity contribution in [3.63, 3.8) is 0 Å². The predicted octanol–water partition coefficient (Wildman–Crippen LogP) is 0.848. The Morgan fingerprint density at radius 2 is 1.84 bits per heavy atom. The van der Waals surface area contributed by atoms with Crippen LogP contribution in [0.15, 0.2) is 24.3 Å². The third-order valence-corrected chi connectivity index (χ3v) is 2.94. The molecule has 0 fully saturated rings. The van der Waals surface area contributed by atoms with Gasteiger partial charge in [0, 0.05) is 12.7 Å². The SMILES string of the molecule is CC(C)c1ccc(N(C)C(=O)CNC(=O)CN)cc1. The molecule has 0 aromatic heterocycles. The fraction of sp³-hybridized carbons (Fsp3) is 0.429. The van der Waals surface area contributed by atoms with E-state index in [4.69, 9.17) is 5.73 Å². The van der Waals surface area contributed by atoms with E-state index in [-0.39, 0.29) is 24.9 Å². The molecule has 104 valence electrons. The minimum atomic E-state index is -0.336. The third kappa shape index (κ3) is 4.37. The van der Waals surface area contributed by atoms with E-state index < -0.39 is 0 Å². The summed E-state index contributed by atoms with van der Waals surface area (Å²) in [6.45, 7) is 4.08. The van der Waals surface area contributed by atoms with Gasteiger partial charge in [-0.05, 0) is 23.6 Å². The number of nitrogens with one attached hydrogen (secondary N) is 1. The van der Waals surface area contributed by atoms with Gasteiger partial charge in [-0.2, -0.15) is 0 Å². The van der Waals surface area contributed by atoms with Gasteiger partial charge in [-0.25, -0.2) is 0 Å². The van der Waals surface area contributed by atoms with Crippen LogP contribution in [-0.4, -0.2) is 32.0 Å². The van der Waals surface area contributed by atoms with Crippen molar-refractivity contribution in [1.29, 1.82) is 0 Å². The number of nitrogens with two attached hydrogens (primary N) is 1. The zero-order chi connectivity index (χ0) is 14.4. The van der Waals surface area contributed by atoms with Crippen LogP contribution in [0, 0.1) is 0 Å². The molecule has 0 radical (unpaired) electrons. The molecule has 0 spiro atoms. The third-order valence-electron chi connectivity index (χ3n) is 2.94.